The number of hydrogen-bond donors (Lipinski definition) is 0. The van der Waals surface area contributed by atoms with Gasteiger partial charge in [0, 0.05) is 6.61 Å². The summed E-state index contributed by atoms with van der Waals surface area (Å²) in [5, 5.41) is 7.82. The summed E-state index contributed by atoms with van der Waals surface area (Å²) < 4.78 is 33.3. The molecule has 0 aliphatic heterocycles. The van der Waals surface area contributed by atoms with E-state index in [0.717, 1.165) is 0 Å². The van der Waals surface area contributed by atoms with Crippen LogP contribution >= 0.6 is 0 Å². The van der Waals surface area contributed by atoms with Gasteiger partial charge in [-0.05, 0) is 10.6 Å². The Morgan fingerprint density at radius 2 is 1.80 bits per heavy atom. The van der Waals surface area contributed by atoms with Crippen LogP contribution in [0.3, 0.4) is 0 Å². The number of benzene rings is 1. The molecule has 0 saturated carbocycles. The highest BCUT2D eigenvalue weighted by Crippen LogP contribution is 2.13. The molecule has 20 heavy (non-hydrogen) atoms. The Labute approximate surface area is 121 Å². The molecule has 0 aromatic heterocycles. The van der Waals surface area contributed by atoms with Crippen molar-refractivity contribution in [3.05, 3.63) is 23.8 Å². The maximum absolute atomic E-state index is 14.0. The summed E-state index contributed by atoms with van der Waals surface area (Å²) in [6, 6.07) is 3.20. The van der Waals surface area contributed by atoms with Crippen molar-refractivity contribution >= 4 is 26.2 Å². The van der Waals surface area contributed by atoms with Gasteiger partial charge in [0.15, 0.2) is 18.2 Å². The van der Waals surface area contributed by atoms with Crippen LogP contribution in [-0.4, -0.2) is 33.9 Å². The lowest BCUT2D eigenvalue weighted by atomic mass is 9.86. The van der Waals surface area contributed by atoms with Gasteiger partial charge in [-0.15, -0.1) is 0 Å². The lowest BCUT2D eigenvalue weighted by Gasteiger charge is -2.20. The van der Waals surface area contributed by atoms with E-state index < -0.39 is 19.7 Å². The Kier molecular flexibility index (Phi) is 5.52. The Bertz CT molecular complexity index is 473. The van der Waals surface area contributed by atoms with Gasteiger partial charge in [-0.3, -0.25) is 0 Å². The van der Waals surface area contributed by atoms with Gasteiger partial charge in [0.05, 0.1) is 13.5 Å². The van der Waals surface area contributed by atoms with Crippen LogP contribution in [0.2, 0.25) is 19.6 Å². The van der Waals surface area contributed by atoms with Gasteiger partial charge in [-0.2, -0.15) is 0 Å². The summed E-state index contributed by atoms with van der Waals surface area (Å²) in [7, 11) is -0.654. The zero-order chi connectivity index (χ0) is 15.6. The molecule has 0 aliphatic rings. The molecule has 0 unspecified atom stereocenters. The van der Waals surface area contributed by atoms with Crippen LogP contribution < -0.4 is 10.6 Å². The second-order valence-electron chi connectivity index (χ2n) is 6.85. The summed E-state index contributed by atoms with van der Waals surface area (Å²) >= 11 is 0. The highest BCUT2D eigenvalue weighted by Gasteiger charge is 2.25. The molecule has 0 fully saturated rings. The predicted octanol–water partition coefficient (Wildman–Crippen LogP) is 1.52. The van der Waals surface area contributed by atoms with E-state index in [1.165, 1.54) is 7.48 Å². The zero-order valence-electron chi connectivity index (χ0n) is 12.8. The van der Waals surface area contributed by atoms with Crippen molar-refractivity contribution in [1.29, 1.82) is 0 Å². The maximum Gasteiger partial charge on any atom is 0.333 e. The van der Waals surface area contributed by atoms with E-state index in [0.29, 0.717) is 11.8 Å². The number of halogens is 2. The highest BCUT2D eigenvalue weighted by atomic mass is 28.3. The van der Waals surface area contributed by atoms with Gasteiger partial charge in [0.2, 0.25) is 0 Å². The van der Waals surface area contributed by atoms with E-state index in [1.807, 2.05) is 33.5 Å². The second kappa shape index (κ2) is 6.37. The van der Waals surface area contributed by atoms with Crippen molar-refractivity contribution in [3.8, 4) is 0 Å². The minimum absolute atomic E-state index is 0.116. The first-order valence-corrected chi connectivity index (χ1v) is 10.2. The minimum Gasteiger partial charge on any atom is -0.445 e. The lowest BCUT2D eigenvalue weighted by Crippen LogP contribution is -2.42. The first-order chi connectivity index (χ1) is 9.08. The summed E-state index contributed by atoms with van der Waals surface area (Å²) in [4.78, 5) is 0. The quantitative estimate of drug-likeness (QED) is 0.579. The third-order valence-electron chi connectivity index (χ3n) is 3.08. The first-order valence-electron chi connectivity index (χ1n) is 6.66. The Morgan fingerprint density at radius 3 is 2.30 bits per heavy atom. The zero-order valence-corrected chi connectivity index (χ0v) is 13.8. The third-order valence-corrected chi connectivity index (χ3v) is 5.09. The molecular formula is C14H23BF2O2Si+. The van der Waals surface area contributed by atoms with E-state index >= 15 is 0 Å². The van der Waals surface area contributed by atoms with Crippen LogP contribution in [0.4, 0.5) is 8.78 Å². The summed E-state index contributed by atoms with van der Waals surface area (Å²) in [5.41, 5.74) is -0.186. The average Bonchev–Trinajstić information content (AvgIpc) is 2.33. The molecule has 1 radical (unpaired) electrons. The molecule has 2 nitrogen and oxygen atoms in total. The molecule has 0 bridgehead atoms. The standard InChI is InChI=1S/C14H22BF2O2Si/c1-14(2,8-18)9-19-15-10-6-7-11(20(3,4)5)13(17)12(10)16/h6-7,18H,8-9H2,1-5H3/p+1. The molecule has 6 heteroatoms. The molecule has 111 valence electrons. The fraction of sp³-hybridized carbons (Fsp3) is 0.571. The summed E-state index contributed by atoms with van der Waals surface area (Å²) in [6.07, 6.45) is 0. The summed E-state index contributed by atoms with van der Waals surface area (Å²) in [5.74, 6) is -1.62. The van der Waals surface area contributed by atoms with E-state index in [-0.39, 0.29) is 17.5 Å². The molecule has 0 saturated heterocycles. The normalized spacial score (nSPS) is 12.6. The van der Waals surface area contributed by atoms with Gasteiger partial charge < -0.3 is 9.76 Å². The topological polar surface area (TPSA) is 32.1 Å². The van der Waals surface area contributed by atoms with Crippen molar-refractivity contribution in [3.63, 3.8) is 0 Å². The molecule has 1 rings (SSSR count). The predicted molar refractivity (Wildman–Crippen MR) is 82.9 cm³/mol. The molecule has 1 aromatic rings. The number of rotatable bonds is 6. The van der Waals surface area contributed by atoms with Crippen molar-refractivity contribution in [2.75, 3.05) is 13.2 Å². The lowest BCUT2D eigenvalue weighted by molar-refractivity contribution is 0.101. The highest BCUT2D eigenvalue weighted by molar-refractivity contribution is 6.88. The molecule has 0 atom stereocenters. The van der Waals surface area contributed by atoms with Crippen LogP contribution in [0.5, 0.6) is 0 Å². The smallest absolute Gasteiger partial charge is 0.333 e. The maximum atomic E-state index is 14.0. The number of hydrogen-bond acceptors (Lipinski definition) is 1. The van der Waals surface area contributed by atoms with Crippen molar-refractivity contribution in [2.24, 2.45) is 5.41 Å². The second-order valence-corrected chi connectivity index (χ2v) is 11.9. The SMILES string of the molecule is CC(C)(C[OH2+])CO[B]c1ccc([Si](C)(C)C)c(F)c1F. The Morgan fingerprint density at radius 1 is 1.20 bits per heavy atom. The molecular weight excluding hydrogens is 277 g/mol. The van der Waals surface area contributed by atoms with Gasteiger partial charge >= 0.3 is 7.48 Å². The fourth-order valence-corrected chi connectivity index (χ4v) is 2.99. The van der Waals surface area contributed by atoms with E-state index in [2.05, 4.69) is 0 Å². The Balaban J connectivity index is 2.82. The minimum atomic E-state index is -1.89. The molecule has 0 amide bonds. The summed E-state index contributed by atoms with van der Waals surface area (Å²) in [6.45, 7) is 10.2. The van der Waals surface area contributed by atoms with Gasteiger partial charge in [0.1, 0.15) is 0 Å². The van der Waals surface area contributed by atoms with E-state index in [9.17, 15) is 8.78 Å². The van der Waals surface area contributed by atoms with Crippen LogP contribution in [-0.2, 0) is 4.65 Å². The van der Waals surface area contributed by atoms with Gasteiger partial charge in [-0.1, -0.05) is 45.6 Å². The molecule has 0 aliphatic carbocycles. The van der Waals surface area contributed by atoms with E-state index in [4.69, 9.17) is 9.76 Å². The fourth-order valence-electron chi connectivity index (χ4n) is 1.64. The van der Waals surface area contributed by atoms with Crippen LogP contribution in [0.25, 0.3) is 0 Å². The van der Waals surface area contributed by atoms with Crippen molar-refractivity contribution < 1.29 is 18.5 Å². The van der Waals surface area contributed by atoms with Crippen molar-refractivity contribution in [1.82, 2.24) is 0 Å². The monoisotopic (exact) mass is 300 g/mol. The molecule has 0 heterocycles. The third kappa shape index (κ3) is 4.40. The van der Waals surface area contributed by atoms with Crippen LogP contribution in [0.1, 0.15) is 13.8 Å². The van der Waals surface area contributed by atoms with Crippen molar-refractivity contribution in [2.45, 2.75) is 33.5 Å². The van der Waals surface area contributed by atoms with Crippen LogP contribution in [0.15, 0.2) is 12.1 Å². The molecule has 2 N–H and O–H groups in total. The molecule has 0 spiro atoms. The Hall–Kier alpha value is -0.718. The largest absolute Gasteiger partial charge is 0.445 e. The molecule has 1 aromatic carbocycles. The van der Waals surface area contributed by atoms with Gasteiger partial charge in [-0.25, -0.2) is 8.78 Å². The van der Waals surface area contributed by atoms with Crippen LogP contribution in [0, 0.1) is 17.0 Å². The average molecular weight is 300 g/mol. The van der Waals surface area contributed by atoms with Gasteiger partial charge in [0.25, 0.3) is 0 Å². The first kappa shape index (κ1) is 17.3. The van der Waals surface area contributed by atoms with E-state index in [1.54, 1.807) is 12.1 Å².